The van der Waals surface area contributed by atoms with E-state index < -0.39 is 0 Å². The lowest BCUT2D eigenvalue weighted by atomic mass is 9.97. The molecule has 7 heteroatoms. The Hall–Kier alpha value is -3.19. The first-order valence-corrected chi connectivity index (χ1v) is 11.1. The number of carbonyl (C=O) groups is 1. The molecule has 0 spiro atoms. The van der Waals surface area contributed by atoms with E-state index in [0.717, 1.165) is 42.7 Å². The van der Waals surface area contributed by atoms with Crippen LogP contribution in [-0.4, -0.2) is 47.7 Å². The molecule has 168 valence electrons. The summed E-state index contributed by atoms with van der Waals surface area (Å²) >= 11 is 0. The van der Waals surface area contributed by atoms with Gasteiger partial charge < -0.3 is 14.6 Å². The van der Waals surface area contributed by atoms with Crippen molar-refractivity contribution in [3.8, 4) is 17.1 Å². The molecule has 1 aliphatic rings. The van der Waals surface area contributed by atoms with Crippen LogP contribution in [0.1, 0.15) is 29.9 Å². The molecule has 1 fully saturated rings. The molecular formula is C25H30N4O3. The van der Waals surface area contributed by atoms with Gasteiger partial charge in [-0.05, 0) is 56.0 Å². The number of benzene rings is 2. The van der Waals surface area contributed by atoms with Gasteiger partial charge in [0.2, 0.25) is 17.6 Å². The number of hydrogen-bond acceptors (Lipinski definition) is 6. The van der Waals surface area contributed by atoms with Crippen LogP contribution in [0.5, 0.6) is 5.75 Å². The maximum atomic E-state index is 12.7. The SMILES string of the molecule is COc1ccc(CCNC(=O)C2CCCN(Cc3nc(-c4ccccc4C)no3)C2)cc1. The molecule has 2 heterocycles. The van der Waals surface area contributed by atoms with Gasteiger partial charge in [-0.25, -0.2) is 0 Å². The Labute approximate surface area is 188 Å². The molecule has 32 heavy (non-hydrogen) atoms. The number of nitrogens with one attached hydrogen (secondary N) is 1. The van der Waals surface area contributed by atoms with Crippen molar-refractivity contribution in [2.24, 2.45) is 5.92 Å². The molecule has 2 aromatic carbocycles. The van der Waals surface area contributed by atoms with E-state index in [-0.39, 0.29) is 11.8 Å². The number of likely N-dealkylation sites (tertiary alicyclic amines) is 1. The van der Waals surface area contributed by atoms with Crippen LogP contribution in [0.15, 0.2) is 53.1 Å². The molecule has 0 radical (unpaired) electrons. The van der Waals surface area contributed by atoms with Crippen molar-refractivity contribution >= 4 is 5.91 Å². The summed E-state index contributed by atoms with van der Waals surface area (Å²) < 4.78 is 10.7. The topological polar surface area (TPSA) is 80.5 Å². The van der Waals surface area contributed by atoms with Crippen LogP contribution in [0.3, 0.4) is 0 Å². The zero-order valence-electron chi connectivity index (χ0n) is 18.7. The van der Waals surface area contributed by atoms with Gasteiger partial charge in [0, 0.05) is 18.7 Å². The summed E-state index contributed by atoms with van der Waals surface area (Å²) in [4.78, 5) is 19.5. The van der Waals surface area contributed by atoms with Gasteiger partial charge in [0.15, 0.2) is 0 Å². The molecule has 1 unspecified atom stereocenters. The molecule has 7 nitrogen and oxygen atoms in total. The van der Waals surface area contributed by atoms with Gasteiger partial charge in [0.25, 0.3) is 0 Å². The Morgan fingerprint density at radius 2 is 2.03 bits per heavy atom. The number of aryl methyl sites for hydroxylation is 1. The van der Waals surface area contributed by atoms with Crippen LogP contribution in [0.2, 0.25) is 0 Å². The van der Waals surface area contributed by atoms with Gasteiger partial charge in [-0.15, -0.1) is 0 Å². The van der Waals surface area contributed by atoms with Gasteiger partial charge in [-0.2, -0.15) is 4.98 Å². The van der Waals surface area contributed by atoms with Gasteiger partial charge >= 0.3 is 0 Å². The monoisotopic (exact) mass is 434 g/mol. The van der Waals surface area contributed by atoms with E-state index in [1.807, 2.05) is 55.5 Å². The molecule has 1 N–H and O–H groups in total. The fourth-order valence-electron chi connectivity index (χ4n) is 4.12. The number of ether oxygens (including phenoxy) is 1. The summed E-state index contributed by atoms with van der Waals surface area (Å²) in [5.74, 6) is 2.15. The Balaban J connectivity index is 1.26. The highest BCUT2D eigenvalue weighted by Crippen LogP contribution is 2.22. The second-order valence-electron chi connectivity index (χ2n) is 8.29. The Morgan fingerprint density at radius 1 is 1.22 bits per heavy atom. The molecule has 0 bridgehead atoms. The lowest BCUT2D eigenvalue weighted by Gasteiger charge is -2.30. The third-order valence-electron chi connectivity index (χ3n) is 5.96. The van der Waals surface area contributed by atoms with Crippen molar-refractivity contribution in [1.82, 2.24) is 20.4 Å². The largest absolute Gasteiger partial charge is 0.497 e. The predicted octanol–water partition coefficient (Wildman–Crippen LogP) is 3.62. The van der Waals surface area contributed by atoms with Gasteiger partial charge in [0.05, 0.1) is 19.6 Å². The van der Waals surface area contributed by atoms with E-state index in [9.17, 15) is 4.79 Å². The second-order valence-corrected chi connectivity index (χ2v) is 8.29. The number of amides is 1. The second kappa shape index (κ2) is 10.4. The van der Waals surface area contributed by atoms with Crippen molar-refractivity contribution < 1.29 is 14.1 Å². The fraction of sp³-hybridized carbons (Fsp3) is 0.400. The first-order chi connectivity index (χ1) is 15.6. The van der Waals surface area contributed by atoms with E-state index in [1.54, 1.807) is 7.11 Å². The minimum atomic E-state index is -0.0154. The van der Waals surface area contributed by atoms with E-state index in [4.69, 9.17) is 9.26 Å². The quantitative estimate of drug-likeness (QED) is 0.583. The molecule has 0 saturated carbocycles. The Kier molecular flexibility index (Phi) is 7.17. The van der Waals surface area contributed by atoms with Crippen LogP contribution in [0, 0.1) is 12.8 Å². The molecular weight excluding hydrogens is 404 g/mol. The molecule has 0 aliphatic carbocycles. The highest BCUT2D eigenvalue weighted by molar-refractivity contribution is 5.79. The minimum Gasteiger partial charge on any atom is -0.497 e. The first-order valence-electron chi connectivity index (χ1n) is 11.1. The number of nitrogens with zero attached hydrogens (tertiary/aromatic N) is 3. The molecule has 1 aromatic heterocycles. The zero-order chi connectivity index (χ0) is 22.3. The first kappa shape index (κ1) is 22.0. The maximum Gasteiger partial charge on any atom is 0.241 e. The van der Waals surface area contributed by atoms with Crippen LogP contribution < -0.4 is 10.1 Å². The average Bonchev–Trinajstić information content (AvgIpc) is 3.28. The third kappa shape index (κ3) is 5.53. The summed E-state index contributed by atoms with van der Waals surface area (Å²) in [6.45, 7) is 4.86. The van der Waals surface area contributed by atoms with Gasteiger partial charge in [-0.1, -0.05) is 41.6 Å². The molecule has 4 rings (SSSR count). The summed E-state index contributed by atoms with van der Waals surface area (Å²) in [6, 6.07) is 15.9. The highest BCUT2D eigenvalue weighted by atomic mass is 16.5. The molecule has 1 saturated heterocycles. The summed E-state index contributed by atoms with van der Waals surface area (Å²) in [7, 11) is 1.66. The van der Waals surface area contributed by atoms with Crippen molar-refractivity contribution in [2.45, 2.75) is 32.7 Å². The number of hydrogen-bond donors (Lipinski definition) is 1. The van der Waals surface area contributed by atoms with Crippen LogP contribution in [-0.2, 0) is 17.8 Å². The number of piperidine rings is 1. The molecule has 1 atom stereocenters. The molecule has 1 aliphatic heterocycles. The molecule has 3 aromatic rings. The normalized spacial score (nSPS) is 16.6. The Bertz CT molecular complexity index is 1030. The standard InChI is InChI=1S/C25H30N4O3/c1-18-6-3-4-8-22(18)24-27-23(32-28-24)17-29-15-5-7-20(16-29)25(30)26-14-13-19-9-11-21(31-2)12-10-19/h3-4,6,8-12,20H,5,7,13-17H2,1-2H3,(H,26,30). The maximum absolute atomic E-state index is 12.7. The van der Waals surface area contributed by atoms with E-state index >= 15 is 0 Å². The van der Waals surface area contributed by atoms with Gasteiger partial charge in [0.1, 0.15) is 5.75 Å². The van der Waals surface area contributed by atoms with Crippen LogP contribution in [0.4, 0.5) is 0 Å². The summed E-state index contributed by atoms with van der Waals surface area (Å²) in [5.41, 5.74) is 3.27. The van der Waals surface area contributed by atoms with E-state index in [2.05, 4.69) is 20.4 Å². The van der Waals surface area contributed by atoms with Gasteiger partial charge in [-0.3, -0.25) is 9.69 Å². The Morgan fingerprint density at radius 3 is 2.81 bits per heavy atom. The average molecular weight is 435 g/mol. The summed E-state index contributed by atoms with van der Waals surface area (Å²) in [6.07, 6.45) is 2.69. The third-order valence-corrected chi connectivity index (χ3v) is 5.96. The van der Waals surface area contributed by atoms with Crippen molar-refractivity contribution in [2.75, 3.05) is 26.7 Å². The number of aromatic nitrogens is 2. The van der Waals surface area contributed by atoms with Crippen LogP contribution >= 0.6 is 0 Å². The zero-order valence-corrected chi connectivity index (χ0v) is 18.7. The summed E-state index contributed by atoms with van der Waals surface area (Å²) in [5, 5.41) is 7.24. The smallest absolute Gasteiger partial charge is 0.241 e. The molecule has 1 amide bonds. The minimum absolute atomic E-state index is 0.0154. The lowest BCUT2D eigenvalue weighted by molar-refractivity contribution is -0.126. The van der Waals surface area contributed by atoms with E-state index in [0.29, 0.717) is 31.3 Å². The predicted molar refractivity (Wildman–Crippen MR) is 122 cm³/mol. The van der Waals surface area contributed by atoms with E-state index in [1.165, 1.54) is 5.56 Å². The number of rotatable bonds is 8. The van der Waals surface area contributed by atoms with Crippen molar-refractivity contribution in [3.63, 3.8) is 0 Å². The van der Waals surface area contributed by atoms with Crippen LogP contribution in [0.25, 0.3) is 11.4 Å². The van der Waals surface area contributed by atoms with Crippen molar-refractivity contribution in [1.29, 1.82) is 0 Å². The fourth-order valence-corrected chi connectivity index (χ4v) is 4.12. The lowest BCUT2D eigenvalue weighted by Crippen LogP contribution is -2.43. The highest BCUT2D eigenvalue weighted by Gasteiger charge is 2.26. The van der Waals surface area contributed by atoms with Crippen molar-refractivity contribution in [3.05, 3.63) is 65.5 Å². The number of methoxy groups -OCH3 is 1. The number of carbonyl (C=O) groups excluding carboxylic acids is 1.